The second kappa shape index (κ2) is 9.08. The molecule has 6 heteroatoms. The fourth-order valence-electron chi connectivity index (χ4n) is 2.74. The number of hydrogen-bond acceptors (Lipinski definition) is 6. The van der Waals surface area contributed by atoms with E-state index in [-0.39, 0.29) is 6.04 Å². The Balaban J connectivity index is 2.19. The molecular formula is C17H29N3O3. The van der Waals surface area contributed by atoms with Crippen molar-refractivity contribution < 1.29 is 14.2 Å². The zero-order valence-electron chi connectivity index (χ0n) is 14.5. The second-order valence-corrected chi connectivity index (χ2v) is 5.96. The molecule has 2 N–H and O–H groups in total. The van der Waals surface area contributed by atoms with Gasteiger partial charge >= 0.3 is 0 Å². The quantitative estimate of drug-likeness (QED) is 0.769. The number of nitrogens with zero attached hydrogens (tertiary/aromatic N) is 2. The van der Waals surface area contributed by atoms with E-state index in [9.17, 15) is 0 Å². The normalized spacial score (nSPS) is 17.3. The molecule has 1 aromatic rings. The highest BCUT2D eigenvalue weighted by Gasteiger charge is 2.24. The SMILES string of the molecule is COc1ccc(C(CN)N2CCOCC2)c(OCCN(C)C)c1. The summed E-state index contributed by atoms with van der Waals surface area (Å²) in [5.41, 5.74) is 7.19. The van der Waals surface area contributed by atoms with Crippen molar-refractivity contribution in [3.63, 3.8) is 0 Å². The molecule has 0 aromatic heterocycles. The zero-order chi connectivity index (χ0) is 16.7. The van der Waals surface area contributed by atoms with Crippen LogP contribution in [0.2, 0.25) is 0 Å². The van der Waals surface area contributed by atoms with Gasteiger partial charge in [0.1, 0.15) is 18.1 Å². The average Bonchev–Trinajstić information content (AvgIpc) is 2.57. The van der Waals surface area contributed by atoms with Crippen LogP contribution in [0, 0.1) is 0 Å². The van der Waals surface area contributed by atoms with Crippen LogP contribution in [0.15, 0.2) is 18.2 Å². The molecule has 1 saturated heterocycles. The largest absolute Gasteiger partial charge is 0.497 e. The monoisotopic (exact) mass is 323 g/mol. The van der Waals surface area contributed by atoms with Gasteiger partial charge in [0.25, 0.3) is 0 Å². The summed E-state index contributed by atoms with van der Waals surface area (Å²) in [5, 5.41) is 0. The van der Waals surface area contributed by atoms with Crippen LogP contribution < -0.4 is 15.2 Å². The predicted molar refractivity (Wildman–Crippen MR) is 91.2 cm³/mol. The van der Waals surface area contributed by atoms with Crippen LogP contribution in [0.25, 0.3) is 0 Å². The van der Waals surface area contributed by atoms with E-state index in [4.69, 9.17) is 19.9 Å². The van der Waals surface area contributed by atoms with E-state index >= 15 is 0 Å². The summed E-state index contributed by atoms with van der Waals surface area (Å²) in [6.07, 6.45) is 0. The van der Waals surface area contributed by atoms with Crippen LogP contribution >= 0.6 is 0 Å². The number of methoxy groups -OCH3 is 1. The van der Waals surface area contributed by atoms with Gasteiger partial charge in [-0.25, -0.2) is 0 Å². The number of morpholine rings is 1. The lowest BCUT2D eigenvalue weighted by Gasteiger charge is -2.34. The number of ether oxygens (including phenoxy) is 3. The molecule has 0 aliphatic carbocycles. The maximum Gasteiger partial charge on any atom is 0.127 e. The lowest BCUT2D eigenvalue weighted by Crippen LogP contribution is -2.42. The molecule has 0 bridgehead atoms. The van der Waals surface area contributed by atoms with Crippen molar-refractivity contribution in [1.82, 2.24) is 9.80 Å². The van der Waals surface area contributed by atoms with Gasteiger partial charge in [0.2, 0.25) is 0 Å². The third-order valence-corrected chi connectivity index (χ3v) is 4.09. The maximum atomic E-state index is 6.07. The molecule has 130 valence electrons. The van der Waals surface area contributed by atoms with Crippen LogP contribution in [0.5, 0.6) is 11.5 Å². The Labute approximate surface area is 139 Å². The molecule has 6 nitrogen and oxygen atoms in total. The molecule has 23 heavy (non-hydrogen) atoms. The minimum absolute atomic E-state index is 0.138. The Bertz CT molecular complexity index is 476. The third-order valence-electron chi connectivity index (χ3n) is 4.09. The fourth-order valence-corrected chi connectivity index (χ4v) is 2.74. The van der Waals surface area contributed by atoms with Gasteiger partial charge in [0, 0.05) is 37.8 Å². The summed E-state index contributed by atoms with van der Waals surface area (Å²) in [6.45, 7) is 5.34. The summed E-state index contributed by atoms with van der Waals surface area (Å²) < 4.78 is 16.8. The first-order valence-electron chi connectivity index (χ1n) is 8.13. The van der Waals surface area contributed by atoms with Gasteiger partial charge in [-0.3, -0.25) is 4.90 Å². The van der Waals surface area contributed by atoms with Crippen molar-refractivity contribution in [2.75, 3.05) is 67.2 Å². The molecule has 1 atom stereocenters. The summed E-state index contributed by atoms with van der Waals surface area (Å²) >= 11 is 0. The van der Waals surface area contributed by atoms with Gasteiger partial charge in [-0.05, 0) is 20.2 Å². The minimum Gasteiger partial charge on any atom is -0.497 e. The Morgan fingerprint density at radius 3 is 2.65 bits per heavy atom. The number of nitrogens with two attached hydrogens (primary N) is 1. The second-order valence-electron chi connectivity index (χ2n) is 5.96. The standard InChI is InChI=1S/C17H29N3O3/c1-19(2)6-11-23-17-12-14(21-3)4-5-15(17)16(13-18)20-7-9-22-10-8-20/h4-5,12,16H,6-11,13,18H2,1-3H3. The van der Waals surface area contributed by atoms with Gasteiger partial charge in [0.05, 0.1) is 26.4 Å². The Morgan fingerprint density at radius 1 is 1.30 bits per heavy atom. The molecule has 0 saturated carbocycles. The van der Waals surface area contributed by atoms with E-state index in [0.29, 0.717) is 13.2 Å². The van der Waals surface area contributed by atoms with Crippen molar-refractivity contribution in [1.29, 1.82) is 0 Å². The smallest absolute Gasteiger partial charge is 0.127 e. The summed E-state index contributed by atoms with van der Waals surface area (Å²) in [7, 11) is 5.74. The van der Waals surface area contributed by atoms with Gasteiger partial charge in [-0.2, -0.15) is 0 Å². The van der Waals surface area contributed by atoms with E-state index in [0.717, 1.165) is 49.9 Å². The van der Waals surface area contributed by atoms with Crippen LogP contribution in [-0.2, 0) is 4.74 Å². The Kier molecular flexibility index (Phi) is 7.11. The summed E-state index contributed by atoms with van der Waals surface area (Å²) in [5.74, 6) is 1.65. The van der Waals surface area contributed by atoms with Crippen molar-refractivity contribution in [2.24, 2.45) is 5.73 Å². The molecular weight excluding hydrogens is 294 g/mol. The van der Waals surface area contributed by atoms with E-state index in [1.807, 2.05) is 26.2 Å². The van der Waals surface area contributed by atoms with Crippen LogP contribution in [-0.4, -0.2) is 77.0 Å². The number of benzene rings is 1. The van der Waals surface area contributed by atoms with E-state index in [1.165, 1.54) is 0 Å². The van der Waals surface area contributed by atoms with E-state index in [1.54, 1.807) is 7.11 Å². The molecule has 1 unspecified atom stereocenters. The first kappa shape index (κ1) is 18.0. The summed E-state index contributed by atoms with van der Waals surface area (Å²) in [4.78, 5) is 4.46. The molecule has 1 heterocycles. The lowest BCUT2D eigenvalue weighted by molar-refractivity contribution is 0.0173. The van der Waals surface area contributed by atoms with Crippen molar-refractivity contribution in [2.45, 2.75) is 6.04 Å². The molecule has 0 amide bonds. The first-order valence-corrected chi connectivity index (χ1v) is 8.13. The number of rotatable bonds is 8. The highest BCUT2D eigenvalue weighted by molar-refractivity contribution is 5.43. The Hall–Kier alpha value is -1.34. The van der Waals surface area contributed by atoms with E-state index in [2.05, 4.69) is 15.9 Å². The molecule has 1 aliphatic heterocycles. The molecule has 1 fully saturated rings. The van der Waals surface area contributed by atoms with Crippen molar-refractivity contribution >= 4 is 0 Å². The number of likely N-dealkylation sites (N-methyl/N-ethyl adjacent to an activating group) is 1. The summed E-state index contributed by atoms with van der Waals surface area (Å²) in [6, 6.07) is 6.13. The van der Waals surface area contributed by atoms with Crippen molar-refractivity contribution in [3.05, 3.63) is 23.8 Å². The first-order chi connectivity index (χ1) is 11.2. The van der Waals surface area contributed by atoms with Gasteiger partial charge in [0.15, 0.2) is 0 Å². The molecule has 0 radical (unpaired) electrons. The molecule has 0 spiro atoms. The van der Waals surface area contributed by atoms with Crippen LogP contribution in [0.4, 0.5) is 0 Å². The highest BCUT2D eigenvalue weighted by Crippen LogP contribution is 2.32. The molecule has 1 aromatic carbocycles. The third kappa shape index (κ3) is 5.07. The lowest BCUT2D eigenvalue weighted by atomic mass is 10.0. The fraction of sp³-hybridized carbons (Fsp3) is 0.647. The minimum atomic E-state index is 0.138. The van der Waals surface area contributed by atoms with Gasteiger partial charge in [-0.1, -0.05) is 6.07 Å². The highest BCUT2D eigenvalue weighted by atomic mass is 16.5. The average molecular weight is 323 g/mol. The number of hydrogen-bond donors (Lipinski definition) is 1. The molecule has 1 aliphatic rings. The zero-order valence-corrected chi connectivity index (χ0v) is 14.5. The topological polar surface area (TPSA) is 60.2 Å². The van der Waals surface area contributed by atoms with Gasteiger partial charge in [-0.15, -0.1) is 0 Å². The van der Waals surface area contributed by atoms with Gasteiger partial charge < -0.3 is 24.8 Å². The Morgan fingerprint density at radius 2 is 2.04 bits per heavy atom. The van der Waals surface area contributed by atoms with Crippen LogP contribution in [0.1, 0.15) is 11.6 Å². The predicted octanol–water partition coefficient (Wildman–Crippen LogP) is 0.968. The van der Waals surface area contributed by atoms with E-state index < -0.39 is 0 Å². The van der Waals surface area contributed by atoms with Crippen LogP contribution in [0.3, 0.4) is 0 Å². The molecule has 2 rings (SSSR count). The maximum absolute atomic E-state index is 6.07. The van der Waals surface area contributed by atoms with Crippen molar-refractivity contribution in [3.8, 4) is 11.5 Å².